The van der Waals surface area contributed by atoms with E-state index in [-0.39, 0.29) is 0 Å². The lowest BCUT2D eigenvalue weighted by Crippen LogP contribution is -2.40. The number of likely N-dealkylation sites (tertiary alicyclic amines) is 1. The molecule has 2 fully saturated rings. The van der Waals surface area contributed by atoms with Crippen molar-refractivity contribution in [3.63, 3.8) is 0 Å². The van der Waals surface area contributed by atoms with Crippen molar-refractivity contribution in [2.45, 2.75) is 57.4 Å². The summed E-state index contributed by atoms with van der Waals surface area (Å²) in [5.74, 6) is 1.57. The maximum Gasteiger partial charge on any atom is 0.222 e. The van der Waals surface area contributed by atoms with Crippen molar-refractivity contribution in [2.24, 2.45) is 5.92 Å². The predicted octanol–water partition coefficient (Wildman–Crippen LogP) is 2.60. The largest absolute Gasteiger partial charge is 0.382 e. The van der Waals surface area contributed by atoms with Crippen LogP contribution in [0.2, 0.25) is 0 Å². The lowest BCUT2D eigenvalue weighted by atomic mass is 9.86. The number of aromatic nitrogens is 2. The van der Waals surface area contributed by atoms with Gasteiger partial charge in [0, 0.05) is 25.7 Å². The SMILES string of the molecule is Nc1ccn(C2CCN(C(=O)CC3CCCCC3)CC2)n1. The van der Waals surface area contributed by atoms with Gasteiger partial charge in [-0.05, 0) is 37.7 Å². The molecule has 1 aromatic rings. The number of piperidine rings is 1. The molecule has 1 aliphatic heterocycles. The van der Waals surface area contributed by atoms with Gasteiger partial charge in [0.15, 0.2) is 0 Å². The third-order valence-corrected chi connectivity index (χ3v) is 5.01. The van der Waals surface area contributed by atoms with E-state index in [1.165, 1.54) is 32.1 Å². The van der Waals surface area contributed by atoms with E-state index in [9.17, 15) is 4.79 Å². The molecular weight excluding hydrogens is 264 g/mol. The van der Waals surface area contributed by atoms with E-state index in [0.29, 0.717) is 23.7 Å². The molecule has 1 aromatic heterocycles. The summed E-state index contributed by atoms with van der Waals surface area (Å²) in [5, 5.41) is 4.29. The van der Waals surface area contributed by atoms with Gasteiger partial charge in [-0.2, -0.15) is 5.10 Å². The van der Waals surface area contributed by atoms with Crippen LogP contribution in [0.1, 0.15) is 57.4 Å². The molecule has 0 spiro atoms. The monoisotopic (exact) mass is 290 g/mol. The summed E-state index contributed by atoms with van der Waals surface area (Å²) < 4.78 is 1.96. The molecule has 0 atom stereocenters. The minimum Gasteiger partial charge on any atom is -0.382 e. The Morgan fingerprint density at radius 3 is 2.52 bits per heavy atom. The fourth-order valence-electron chi connectivity index (χ4n) is 3.70. The molecule has 2 heterocycles. The van der Waals surface area contributed by atoms with Crippen LogP contribution in [-0.4, -0.2) is 33.7 Å². The maximum atomic E-state index is 12.4. The third kappa shape index (κ3) is 3.57. The Hall–Kier alpha value is -1.52. The zero-order valence-electron chi connectivity index (χ0n) is 12.7. The highest BCUT2D eigenvalue weighted by Gasteiger charge is 2.26. The number of carbonyl (C=O) groups excluding carboxylic acids is 1. The zero-order chi connectivity index (χ0) is 14.7. The molecule has 0 radical (unpaired) electrons. The molecule has 2 N–H and O–H groups in total. The van der Waals surface area contributed by atoms with E-state index in [1.54, 1.807) is 0 Å². The van der Waals surface area contributed by atoms with Gasteiger partial charge < -0.3 is 10.6 Å². The van der Waals surface area contributed by atoms with Crippen molar-refractivity contribution in [1.82, 2.24) is 14.7 Å². The molecular formula is C16H26N4O. The van der Waals surface area contributed by atoms with Crippen LogP contribution >= 0.6 is 0 Å². The van der Waals surface area contributed by atoms with Crippen LogP contribution in [0, 0.1) is 5.92 Å². The van der Waals surface area contributed by atoms with Gasteiger partial charge in [-0.3, -0.25) is 9.48 Å². The number of anilines is 1. The van der Waals surface area contributed by atoms with Crippen LogP contribution in [0.3, 0.4) is 0 Å². The predicted molar refractivity (Wildman–Crippen MR) is 82.7 cm³/mol. The van der Waals surface area contributed by atoms with Crippen LogP contribution < -0.4 is 5.73 Å². The average molecular weight is 290 g/mol. The molecule has 21 heavy (non-hydrogen) atoms. The van der Waals surface area contributed by atoms with Crippen LogP contribution in [-0.2, 0) is 4.79 Å². The molecule has 116 valence electrons. The minimum absolute atomic E-state index is 0.361. The number of rotatable bonds is 3. The Bertz CT molecular complexity index is 470. The van der Waals surface area contributed by atoms with E-state index in [2.05, 4.69) is 10.00 Å². The van der Waals surface area contributed by atoms with Crippen molar-refractivity contribution in [3.8, 4) is 0 Å². The van der Waals surface area contributed by atoms with Crippen LogP contribution in [0.15, 0.2) is 12.3 Å². The third-order valence-electron chi connectivity index (χ3n) is 5.01. The van der Waals surface area contributed by atoms with Gasteiger partial charge in [0.05, 0.1) is 6.04 Å². The van der Waals surface area contributed by atoms with Crippen LogP contribution in [0.25, 0.3) is 0 Å². The molecule has 5 nitrogen and oxygen atoms in total. The Balaban J connectivity index is 1.47. The molecule has 3 rings (SSSR count). The summed E-state index contributed by atoms with van der Waals surface area (Å²) in [4.78, 5) is 14.5. The van der Waals surface area contributed by atoms with Gasteiger partial charge in [0.1, 0.15) is 5.82 Å². The highest BCUT2D eigenvalue weighted by Crippen LogP contribution is 2.28. The Morgan fingerprint density at radius 1 is 1.19 bits per heavy atom. The number of nitrogen functional groups attached to an aromatic ring is 1. The first-order valence-electron chi connectivity index (χ1n) is 8.31. The highest BCUT2D eigenvalue weighted by molar-refractivity contribution is 5.76. The Labute approximate surface area is 126 Å². The van der Waals surface area contributed by atoms with E-state index in [4.69, 9.17) is 5.73 Å². The maximum absolute atomic E-state index is 12.4. The fourth-order valence-corrected chi connectivity index (χ4v) is 3.70. The highest BCUT2D eigenvalue weighted by atomic mass is 16.2. The molecule has 1 saturated carbocycles. The first kappa shape index (κ1) is 14.4. The quantitative estimate of drug-likeness (QED) is 0.930. The lowest BCUT2D eigenvalue weighted by molar-refractivity contribution is -0.133. The van der Waals surface area contributed by atoms with E-state index < -0.39 is 0 Å². The van der Waals surface area contributed by atoms with Crippen molar-refractivity contribution in [2.75, 3.05) is 18.8 Å². The summed E-state index contributed by atoms with van der Waals surface area (Å²) in [7, 11) is 0. The molecule has 2 aliphatic rings. The van der Waals surface area contributed by atoms with Gasteiger partial charge in [-0.25, -0.2) is 0 Å². The first-order valence-corrected chi connectivity index (χ1v) is 8.31. The van der Waals surface area contributed by atoms with Gasteiger partial charge in [0.25, 0.3) is 0 Å². The smallest absolute Gasteiger partial charge is 0.222 e. The van der Waals surface area contributed by atoms with Gasteiger partial charge in [-0.15, -0.1) is 0 Å². The molecule has 0 aromatic carbocycles. The van der Waals surface area contributed by atoms with Crippen molar-refractivity contribution in [1.29, 1.82) is 0 Å². The summed E-state index contributed by atoms with van der Waals surface area (Å²) in [5.41, 5.74) is 5.67. The van der Waals surface area contributed by atoms with Crippen molar-refractivity contribution >= 4 is 11.7 Å². The molecule has 5 heteroatoms. The van der Waals surface area contributed by atoms with Gasteiger partial charge >= 0.3 is 0 Å². The lowest BCUT2D eigenvalue weighted by Gasteiger charge is -2.33. The topological polar surface area (TPSA) is 64.2 Å². The Kier molecular flexibility index (Phi) is 4.46. The number of hydrogen-bond donors (Lipinski definition) is 1. The number of nitrogens with two attached hydrogens (primary N) is 1. The molecule has 0 unspecified atom stereocenters. The van der Waals surface area contributed by atoms with E-state index in [0.717, 1.165) is 32.4 Å². The fraction of sp³-hybridized carbons (Fsp3) is 0.750. The molecule has 0 bridgehead atoms. The minimum atomic E-state index is 0.361. The summed E-state index contributed by atoms with van der Waals surface area (Å²) in [6, 6.07) is 2.22. The second-order valence-corrected chi connectivity index (χ2v) is 6.54. The van der Waals surface area contributed by atoms with E-state index in [1.807, 2.05) is 16.9 Å². The number of amides is 1. The van der Waals surface area contributed by atoms with Crippen molar-refractivity contribution < 1.29 is 4.79 Å². The summed E-state index contributed by atoms with van der Waals surface area (Å²) in [6.45, 7) is 1.71. The number of nitrogens with zero attached hydrogens (tertiary/aromatic N) is 3. The standard InChI is InChI=1S/C16H26N4O/c17-15-8-11-20(18-15)14-6-9-19(10-7-14)16(21)12-13-4-2-1-3-5-13/h8,11,13-14H,1-7,9-10,12H2,(H2,17,18). The summed E-state index contributed by atoms with van der Waals surface area (Å²) >= 11 is 0. The molecule has 1 saturated heterocycles. The molecule has 1 amide bonds. The van der Waals surface area contributed by atoms with E-state index >= 15 is 0 Å². The average Bonchev–Trinajstić information content (AvgIpc) is 2.95. The Morgan fingerprint density at radius 2 is 1.90 bits per heavy atom. The van der Waals surface area contributed by atoms with Crippen LogP contribution in [0.5, 0.6) is 0 Å². The second-order valence-electron chi connectivity index (χ2n) is 6.54. The second kappa shape index (κ2) is 6.50. The zero-order valence-corrected chi connectivity index (χ0v) is 12.7. The summed E-state index contributed by atoms with van der Waals surface area (Å²) in [6.07, 6.45) is 11.1. The first-order chi connectivity index (χ1) is 10.2. The molecule has 1 aliphatic carbocycles. The number of carbonyl (C=O) groups is 1. The van der Waals surface area contributed by atoms with Crippen molar-refractivity contribution in [3.05, 3.63) is 12.3 Å². The normalized spacial score (nSPS) is 21.6. The van der Waals surface area contributed by atoms with Gasteiger partial charge in [0.2, 0.25) is 5.91 Å². The van der Waals surface area contributed by atoms with Gasteiger partial charge in [-0.1, -0.05) is 19.3 Å². The number of hydrogen-bond acceptors (Lipinski definition) is 3. The van der Waals surface area contributed by atoms with Crippen LogP contribution in [0.4, 0.5) is 5.82 Å².